The fourth-order valence-corrected chi connectivity index (χ4v) is 3.67. The van der Waals surface area contributed by atoms with Gasteiger partial charge in [0, 0.05) is 24.9 Å². The SMILES string of the molecule is CC(c1ccc(C#CC(C)(C)NC(N)=O)cc1)N1CCC(CC(C)(C)O)OC1=O.c1ccccc1. The van der Waals surface area contributed by atoms with Gasteiger partial charge in [-0.2, -0.15) is 0 Å². The molecule has 0 aliphatic carbocycles. The summed E-state index contributed by atoms with van der Waals surface area (Å²) < 4.78 is 5.51. The highest BCUT2D eigenvalue weighted by Crippen LogP contribution is 2.28. The van der Waals surface area contributed by atoms with Crippen molar-refractivity contribution in [2.75, 3.05) is 6.54 Å². The van der Waals surface area contributed by atoms with Crippen LogP contribution in [0.1, 0.15) is 64.6 Å². The summed E-state index contributed by atoms with van der Waals surface area (Å²) in [5.41, 5.74) is 5.33. The Morgan fingerprint density at radius 1 is 1.14 bits per heavy atom. The fourth-order valence-electron chi connectivity index (χ4n) is 3.67. The second-order valence-electron chi connectivity index (χ2n) is 9.82. The summed E-state index contributed by atoms with van der Waals surface area (Å²) in [5, 5.41) is 12.5. The number of primary amides is 1. The van der Waals surface area contributed by atoms with Gasteiger partial charge in [-0.15, -0.1) is 0 Å². The standard InChI is InChI=1S/C22H31N3O4.C6H6/c1-15(25-13-11-18(29-20(25)27)14-22(4,5)28)17-8-6-16(7-9-17)10-12-21(2,3)24-19(23)26;1-2-4-6-5-3-1/h6-9,15,18,28H,11,13-14H2,1-5H3,(H3,23,24,26);1-6H. The highest BCUT2D eigenvalue weighted by Gasteiger charge is 2.33. The Morgan fingerprint density at radius 2 is 1.69 bits per heavy atom. The zero-order chi connectivity index (χ0) is 26.1. The average Bonchev–Trinajstić information content (AvgIpc) is 2.77. The van der Waals surface area contributed by atoms with Crippen LogP contribution < -0.4 is 11.1 Å². The highest BCUT2D eigenvalue weighted by atomic mass is 16.6. The minimum atomic E-state index is -0.864. The molecular formula is C28H37N3O4. The molecule has 3 amide bonds. The molecule has 3 rings (SSSR count). The molecule has 1 saturated heterocycles. The van der Waals surface area contributed by atoms with E-state index in [1.807, 2.05) is 67.6 Å². The molecule has 4 N–H and O–H groups in total. The molecule has 0 radical (unpaired) electrons. The molecule has 2 atom stereocenters. The first-order valence-electron chi connectivity index (χ1n) is 11.8. The summed E-state index contributed by atoms with van der Waals surface area (Å²) in [7, 11) is 0. The number of urea groups is 1. The second kappa shape index (κ2) is 12.3. The third-order valence-electron chi connectivity index (χ3n) is 5.40. The Hall–Kier alpha value is -3.50. The molecule has 1 heterocycles. The Balaban J connectivity index is 0.000000625. The molecule has 0 bridgehead atoms. The Kier molecular flexibility index (Phi) is 9.73. The zero-order valence-corrected chi connectivity index (χ0v) is 21.2. The van der Waals surface area contributed by atoms with Crippen LogP contribution in [0.5, 0.6) is 0 Å². The molecule has 7 nitrogen and oxygen atoms in total. The third-order valence-corrected chi connectivity index (χ3v) is 5.40. The lowest BCUT2D eigenvalue weighted by Gasteiger charge is -2.37. The number of rotatable bonds is 5. The van der Waals surface area contributed by atoms with Crippen LogP contribution in [0.25, 0.3) is 0 Å². The summed E-state index contributed by atoms with van der Waals surface area (Å²) in [6.45, 7) is 9.51. The molecule has 2 aromatic carbocycles. The maximum Gasteiger partial charge on any atom is 0.410 e. The number of nitrogens with zero attached hydrogens (tertiary/aromatic N) is 1. The molecule has 1 fully saturated rings. The zero-order valence-electron chi connectivity index (χ0n) is 21.2. The van der Waals surface area contributed by atoms with E-state index in [0.717, 1.165) is 11.1 Å². The van der Waals surface area contributed by atoms with Gasteiger partial charge in [-0.05, 0) is 52.3 Å². The average molecular weight is 480 g/mol. The van der Waals surface area contributed by atoms with Crippen molar-refractivity contribution in [2.24, 2.45) is 5.73 Å². The van der Waals surface area contributed by atoms with Crippen molar-refractivity contribution in [1.82, 2.24) is 10.2 Å². The first kappa shape index (κ1) is 27.7. The van der Waals surface area contributed by atoms with Crippen molar-refractivity contribution in [3.63, 3.8) is 0 Å². The maximum absolute atomic E-state index is 12.4. The van der Waals surface area contributed by atoms with Gasteiger partial charge in [0.1, 0.15) is 6.10 Å². The molecular weight excluding hydrogens is 442 g/mol. The number of hydrogen-bond donors (Lipinski definition) is 3. The Morgan fingerprint density at radius 3 is 2.14 bits per heavy atom. The predicted octanol–water partition coefficient (Wildman–Crippen LogP) is 4.60. The van der Waals surface area contributed by atoms with Crippen LogP contribution in [-0.2, 0) is 4.74 Å². The molecule has 0 spiro atoms. The van der Waals surface area contributed by atoms with Gasteiger partial charge in [0.15, 0.2) is 0 Å². The lowest BCUT2D eigenvalue weighted by Crippen LogP contribution is -2.45. The summed E-state index contributed by atoms with van der Waals surface area (Å²) >= 11 is 0. The van der Waals surface area contributed by atoms with E-state index in [9.17, 15) is 14.7 Å². The number of carbonyl (C=O) groups is 2. The first-order chi connectivity index (χ1) is 16.4. The highest BCUT2D eigenvalue weighted by molar-refractivity contribution is 5.73. The van der Waals surface area contributed by atoms with Gasteiger partial charge in [-0.25, -0.2) is 9.59 Å². The minimum Gasteiger partial charge on any atom is -0.446 e. The number of amides is 3. The van der Waals surface area contributed by atoms with Crippen LogP contribution >= 0.6 is 0 Å². The van der Waals surface area contributed by atoms with Gasteiger partial charge in [0.25, 0.3) is 0 Å². The number of hydrogen-bond acceptors (Lipinski definition) is 4. The van der Waals surface area contributed by atoms with Crippen LogP contribution in [0.3, 0.4) is 0 Å². The van der Waals surface area contributed by atoms with E-state index in [4.69, 9.17) is 10.5 Å². The predicted molar refractivity (Wildman–Crippen MR) is 137 cm³/mol. The van der Waals surface area contributed by atoms with Crippen LogP contribution in [0.4, 0.5) is 9.59 Å². The number of ether oxygens (including phenoxy) is 1. The van der Waals surface area contributed by atoms with Gasteiger partial charge < -0.3 is 25.8 Å². The normalized spacial score (nSPS) is 16.6. The van der Waals surface area contributed by atoms with Crippen molar-refractivity contribution in [1.29, 1.82) is 0 Å². The van der Waals surface area contributed by atoms with Gasteiger partial charge in [-0.3, -0.25) is 0 Å². The van der Waals surface area contributed by atoms with E-state index in [2.05, 4.69) is 17.2 Å². The molecule has 0 saturated carbocycles. The van der Waals surface area contributed by atoms with Crippen molar-refractivity contribution in [2.45, 2.75) is 70.7 Å². The summed E-state index contributed by atoms with van der Waals surface area (Å²) in [5.74, 6) is 6.01. The molecule has 0 aromatic heterocycles. The van der Waals surface area contributed by atoms with Gasteiger partial charge >= 0.3 is 12.1 Å². The third kappa shape index (κ3) is 10.1. The number of nitrogens with one attached hydrogen (secondary N) is 1. The lowest BCUT2D eigenvalue weighted by molar-refractivity contribution is -0.0309. The van der Waals surface area contributed by atoms with Crippen LogP contribution in [0, 0.1) is 11.8 Å². The number of aliphatic hydroxyl groups is 1. The van der Waals surface area contributed by atoms with Crippen LogP contribution in [0.15, 0.2) is 60.7 Å². The Bertz CT molecular complexity index is 991. The quantitative estimate of drug-likeness (QED) is 0.545. The van der Waals surface area contributed by atoms with Gasteiger partial charge in [0.05, 0.1) is 17.2 Å². The van der Waals surface area contributed by atoms with Gasteiger partial charge in [-0.1, -0.05) is 60.4 Å². The summed E-state index contributed by atoms with van der Waals surface area (Å²) in [6, 6.07) is 18.9. The van der Waals surface area contributed by atoms with E-state index in [1.165, 1.54) is 0 Å². The first-order valence-corrected chi connectivity index (χ1v) is 11.8. The Labute approximate surface area is 208 Å². The number of carbonyl (C=O) groups excluding carboxylic acids is 2. The maximum atomic E-state index is 12.4. The minimum absolute atomic E-state index is 0.138. The van der Waals surface area contributed by atoms with E-state index < -0.39 is 17.2 Å². The number of cyclic esters (lactones) is 1. The number of nitrogens with two attached hydrogens (primary N) is 1. The molecule has 7 heteroatoms. The molecule has 1 aliphatic rings. The molecule has 188 valence electrons. The van der Waals surface area contributed by atoms with Crippen molar-refractivity contribution >= 4 is 12.1 Å². The van der Waals surface area contributed by atoms with Crippen molar-refractivity contribution in [3.05, 3.63) is 71.8 Å². The van der Waals surface area contributed by atoms with Crippen LogP contribution in [-0.4, -0.2) is 45.9 Å². The number of benzene rings is 2. The molecule has 35 heavy (non-hydrogen) atoms. The van der Waals surface area contributed by atoms with Crippen LogP contribution in [0.2, 0.25) is 0 Å². The molecule has 2 unspecified atom stereocenters. The van der Waals surface area contributed by atoms with Crippen molar-refractivity contribution in [3.8, 4) is 11.8 Å². The van der Waals surface area contributed by atoms with E-state index in [-0.39, 0.29) is 18.2 Å². The largest absolute Gasteiger partial charge is 0.446 e. The monoisotopic (exact) mass is 479 g/mol. The smallest absolute Gasteiger partial charge is 0.410 e. The van der Waals surface area contributed by atoms with Crippen molar-refractivity contribution < 1.29 is 19.4 Å². The lowest BCUT2D eigenvalue weighted by atomic mass is 9.97. The molecule has 1 aliphatic heterocycles. The topological polar surface area (TPSA) is 105 Å². The molecule has 2 aromatic rings. The van der Waals surface area contributed by atoms with E-state index >= 15 is 0 Å². The van der Waals surface area contributed by atoms with Gasteiger partial charge in [0.2, 0.25) is 0 Å². The summed E-state index contributed by atoms with van der Waals surface area (Å²) in [4.78, 5) is 25.1. The van der Waals surface area contributed by atoms with E-state index in [0.29, 0.717) is 19.4 Å². The van der Waals surface area contributed by atoms with E-state index in [1.54, 1.807) is 32.6 Å². The fraction of sp³-hybridized carbons (Fsp3) is 0.429. The second-order valence-corrected chi connectivity index (χ2v) is 9.82. The summed E-state index contributed by atoms with van der Waals surface area (Å²) in [6.07, 6.45) is 0.489.